The van der Waals surface area contributed by atoms with E-state index >= 15 is 0 Å². The highest BCUT2D eigenvalue weighted by molar-refractivity contribution is 6.13. The lowest BCUT2D eigenvalue weighted by Crippen LogP contribution is -2.28. The molecule has 0 bridgehead atoms. The Morgan fingerprint density at radius 3 is 1.56 bits per heavy atom. The molecule has 8 heteroatoms. The Kier molecular flexibility index (Phi) is 9.66. The third-order valence-corrected chi connectivity index (χ3v) is 15.8. The fourth-order valence-corrected chi connectivity index (χ4v) is 12.2. The van der Waals surface area contributed by atoms with Crippen molar-refractivity contribution < 1.29 is 8.83 Å². The molecule has 0 radical (unpaired) electrons. The van der Waals surface area contributed by atoms with Crippen molar-refractivity contribution in [3.05, 3.63) is 254 Å². The van der Waals surface area contributed by atoms with Crippen molar-refractivity contribution in [3.8, 4) is 68.2 Å². The molecule has 0 amide bonds. The summed E-state index contributed by atoms with van der Waals surface area (Å²) >= 11 is 0. The summed E-state index contributed by atoms with van der Waals surface area (Å²) in [6, 6.07) is 78.4. The average molecular weight is 999 g/mol. The van der Waals surface area contributed by atoms with E-state index in [0.29, 0.717) is 23.0 Å². The lowest BCUT2D eigenvalue weighted by Gasteiger charge is -2.29. The smallest absolute Gasteiger partial charge is 0.164 e. The van der Waals surface area contributed by atoms with Gasteiger partial charge in [-0.15, -0.1) is 0 Å². The van der Waals surface area contributed by atoms with Crippen LogP contribution in [0, 0.1) is 11.3 Å². The molecular formula is C70H42N6O2. The lowest BCUT2D eigenvalue weighted by molar-refractivity contribution is 0.668. The third-order valence-electron chi connectivity index (χ3n) is 15.8. The molecule has 4 aromatic heterocycles. The number of benzene rings is 10. The molecule has 0 saturated heterocycles. The second-order valence-electron chi connectivity index (χ2n) is 20.2. The van der Waals surface area contributed by atoms with Gasteiger partial charge in [0, 0.05) is 77.4 Å². The summed E-state index contributed by atoms with van der Waals surface area (Å²) in [7, 11) is 0. The number of allylic oxidation sites excluding steroid dienone is 2. The molecule has 2 aliphatic rings. The number of para-hydroxylation sites is 3. The number of hydrogen-bond acceptors (Lipinski definition) is 7. The van der Waals surface area contributed by atoms with Gasteiger partial charge in [-0.1, -0.05) is 152 Å². The minimum atomic E-state index is 0.132. The summed E-state index contributed by atoms with van der Waals surface area (Å²) in [6.07, 6.45) is 8.94. The summed E-state index contributed by atoms with van der Waals surface area (Å²) in [6.45, 7) is 0. The Morgan fingerprint density at radius 2 is 0.936 bits per heavy atom. The summed E-state index contributed by atoms with van der Waals surface area (Å²) in [5, 5.41) is 16.6. The van der Waals surface area contributed by atoms with E-state index in [1.165, 1.54) is 11.3 Å². The number of rotatable bonds is 7. The SMILES string of the molecule is N#Cc1ccc2c(c1)c1cc(N3c4ccccc4C4C=CC=CC43)ccc1n2-c1c(-c2ccccc2)cc(-c2nc(-c3ccc4c(c3)oc3ccccc34)nc(-c3ccc4c(c3)oc3ccccc34)n2)cc1-c1ccccc1. The fourth-order valence-electron chi connectivity index (χ4n) is 12.2. The van der Waals surface area contributed by atoms with Gasteiger partial charge in [-0.25, -0.2) is 15.0 Å². The van der Waals surface area contributed by atoms with Crippen LogP contribution in [0.2, 0.25) is 0 Å². The number of fused-ring (bicyclic) bond motifs is 12. The van der Waals surface area contributed by atoms with Gasteiger partial charge >= 0.3 is 0 Å². The van der Waals surface area contributed by atoms with Crippen LogP contribution in [0.4, 0.5) is 11.4 Å². The van der Waals surface area contributed by atoms with Crippen molar-refractivity contribution >= 4 is 77.1 Å². The van der Waals surface area contributed by atoms with Crippen LogP contribution in [0.1, 0.15) is 17.0 Å². The molecule has 16 rings (SSSR count). The molecule has 10 aromatic carbocycles. The van der Waals surface area contributed by atoms with Gasteiger partial charge in [0.2, 0.25) is 0 Å². The highest BCUT2D eigenvalue weighted by Crippen LogP contribution is 2.50. The van der Waals surface area contributed by atoms with Crippen molar-refractivity contribution in [1.82, 2.24) is 19.5 Å². The maximum absolute atomic E-state index is 10.4. The highest BCUT2D eigenvalue weighted by atomic mass is 16.3. The minimum Gasteiger partial charge on any atom is -0.456 e. The van der Waals surface area contributed by atoms with Crippen LogP contribution in [0.5, 0.6) is 0 Å². The number of hydrogen-bond donors (Lipinski definition) is 0. The van der Waals surface area contributed by atoms with Crippen molar-refractivity contribution in [2.45, 2.75) is 12.0 Å². The molecule has 0 fully saturated rings. The monoisotopic (exact) mass is 998 g/mol. The number of aromatic nitrogens is 4. The quantitative estimate of drug-likeness (QED) is 0.157. The van der Waals surface area contributed by atoms with Gasteiger partial charge < -0.3 is 18.3 Å². The maximum Gasteiger partial charge on any atom is 0.164 e. The molecule has 14 aromatic rings. The van der Waals surface area contributed by atoms with E-state index < -0.39 is 0 Å². The van der Waals surface area contributed by atoms with E-state index in [4.69, 9.17) is 23.8 Å². The second-order valence-corrected chi connectivity index (χ2v) is 20.2. The third kappa shape index (κ3) is 6.82. The first-order chi connectivity index (χ1) is 38.6. The maximum atomic E-state index is 10.4. The molecule has 0 N–H and O–H groups in total. The zero-order valence-corrected chi connectivity index (χ0v) is 41.7. The predicted octanol–water partition coefficient (Wildman–Crippen LogP) is 17.7. The van der Waals surface area contributed by atoms with Crippen LogP contribution in [-0.4, -0.2) is 25.6 Å². The number of furan rings is 2. The van der Waals surface area contributed by atoms with Crippen molar-refractivity contribution in [3.63, 3.8) is 0 Å². The molecule has 0 saturated carbocycles. The topological polar surface area (TPSA) is 96.9 Å². The Morgan fingerprint density at radius 1 is 0.410 bits per heavy atom. The van der Waals surface area contributed by atoms with Crippen molar-refractivity contribution in [1.29, 1.82) is 5.26 Å². The normalized spacial score (nSPS) is 14.8. The minimum absolute atomic E-state index is 0.132. The first-order valence-corrected chi connectivity index (χ1v) is 26.2. The van der Waals surface area contributed by atoms with Crippen LogP contribution in [-0.2, 0) is 0 Å². The molecule has 5 heterocycles. The van der Waals surface area contributed by atoms with Gasteiger partial charge in [-0.2, -0.15) is 5.26 Å². The van der Waals surface area contributed by atoms with Gasteiger partial charge in [-0.05, 0) is 108 Å². The Hall–Kier alpha value is -10.6. The lowest BCUT2D eigenvalue weighted by atomic mass is 9.91. The standard InChI is InChI=1S/C70H42N6O2/c71-41-42-27-33-61-57(35-42)58-40-48(75-59-23-11-7-19-49(59)50-20-8-12-24-60(50)75)30-34-62(58)76(61)67-55(43-15-3-1-4-16-43)36-47(37-56(67)44-17-5-2-6-18-44)70-73-68(45-28-31-53-51-21-9-13-25-63(51)77-65(53)38-45)72-69(74-70)46-29-32-54-52-22-10-14-26-64(52)78-66(54)39-46/h1-40,49,59H. The van der Waals surface area contributed by atoms with E-state index in [1.807, 2.05) is 60.7 Å². The van der Waals surface area contributed by atoms with Gasteiger partial charge in [0.05, 0.1) is 34.4 Å². The number of nitriles is 1. The van der Waals surface area contributed by atoms with E-state index in [-0.39, 0.29) is 12.0 Å². The fraction of sp³-hybridized carbons (Fsp3) is 0.0286. The van der Waals surface area contributed by atoms with Crippen LogP contribution in [0.15, 0.2) is 252 Å². The molecular weight excluding hydrogens is 957 g/mol. The molecule has 2 atom stereocenters. The molecule has 78 heavy (non-hydrogen) atoms. The van der Waals surface area contributed by atoms with Gasteiger partial charge in [-0.3, -0.25) is 0 Å². The molecule has 1 aliphatic carbocycles. The van der Waals surface area contributed by atoms with Gasteiger partial charge in [0.1, 0.15) is 22.3 Å². The van der Waals surface area contributed by atoms with E-state index in [1.54, 1.807) is 0 Å². The summed E-state index contributed by atoms with van der Waals surface area (Å²) in [5.74, 6) is 1.76. The second kappa shape index (κ2) is 17.2. The first-order valence-electron chi connectivity index (χ1n) is 26.2. The summed E-state index contributed by atoms with van der Waals surface area (Å²) in [5.41, 5.74) is 16.7. The molecule has 1 aliphatic heterocycles. The molecule has 0 spiro atoms. The summed E-state index contributed by atoms with van der Waals surface area (Å²) < 4.78 is 15.3. The zero-order valence-electron chi connectivity index (χ0n) is 41.7. The number of nitrogens with zero attached hydrogens (tertiary/aromatic N) is 6. The molecule has 8 nitrogen and oxygen atoms in total. The first kappa shape index (κ1) is 43.7. The molecule has 2 unspecified atom stereocenters. The average Bonchev–Trinajstić information content (AvgIpc) is 4.43. The van der Waals surface area contributed by atoms with Crippen molar-refractivity contribution in [2.24, 2.45) is 0 Å². The van der Waals surface area contributed by atoms with E-state index in [9.17, 15) is 5.26 Å². The van der Waals surface area contributed by atoms with E-state index in [0.717, 1.165) is 116 Å². The summed E-state index contributed by atoms with van der Waals surface area (Å²) in [4.78, 5) is 18.5. The Bertz CT molecular complexity index is 4710. The van der Waals surface area contributed by atoms with Crippen LogP contribution < -0.4 is 4.90 Å². The largest absolute Gasteiger partial charge is 0.456 e. The van der Waals surface area contributed by atoms with Gasteiger partial charge in [0.15, 0.2) is 17.5 Å². The van der Waals surface area contributed by atoms with Crippen molar-refractivity contribution in [2.75, 3.05) is 4.90 Å². The predicted molar refractivity (Wildman–Crippen MR) is 314 cm³/mol. The van der Waals surface area contributed by atoms with Gasteiger partial charge in [0.25, 0.3) is 0 Å². The van der Waals surface area contributed by atoms with Crippen LogP contribution in [0.3, 0.4) is 0 Å². The Labute approximate surface area is 447 Å². The van der Waals surface area contributed by atoms with Crippen LogP contribution >= 0.6 is 0 Å². The zero-order chi connectivity index (χ0) is 51.4. The molecule has 364 valence electrons. The Balaban J connectivity index is 0.950. The van der Waals surface area contributed by atoms with E-state index in [2.05, 4.69) is 198 Å². The number of anilines is 2. The van der Waals surface area contributed by atoms with Crippen LogP contribution in [0.25, 0.3) is 128 Å². The highest BCUT2D eigenvalue weighted by Gasteiger charge is 2.37.